The summed E-state index contributed by atoms with van der Waals surface area (Å²) in [5.41, 5.74) is 0. The third kappa shape index (κ3) is 1620. The summed E-state index contributed by atoms with van der Waals surface area (Å²) < 4.78 is 6.00. The number of nitrogens with zero attached hydrogens (tertiary/aromatic N) is 6. The minimum Gasteiger partial charge on any atom is -0.412 e. The largest absolute Gasteiger partial charge is 0.412 e. The number of hydrogen-bond donors (Lipinski definition) is 0. The Balaban J connectivity index is -0.00000000227. The Hall–Kier alpha value is 19.1. The molecule has 0 unspecified atom stereocenters. The van der Waals surface area contributed by atoms with Crippen LogP contribution in [-0.2, 0) is 129 Å². The zero-order chi connectivity index (χ0) is 27.0. The van der Waals surface area contributed by atoms with Gasteiger partial charge in [0.2, 0.25) is 0 Å². The van der Waals surface area contributed by atoms with Crippen molar-refractivity contribution >= 4 is 486 Å². The van der Waals surface area contributed by atoms with Gasteiger partial charge < -0.3 is 131 Å². The zero-order valence-electron chi connectivity index (χ0n) is 50.7. The second-order valence-electron chi connectivity index (χ2n) is 16.1. The van der Waals surface area contributed by atoms with Crippen LogP contribution in [-0.4, -0.2) is 786 Å². The molecule has 0 heterocycles. The van der Waals surface area contributed by atoms with Crippen LogP contribution in [0, 0.1) is 0 Å². The average molecular weight is 2080 g/mol. The van der Waals surface area contributed by atoms with Gasteiger partial charge in [0.15, 0.2) is 0 Å². The van der Waals surface area contributed by atoms with Gasteiger partial charge in [-0.2, -0.15) is 0 Å². The summed E-state index contributed by atoms with van der Waals surface area (Å²) in [5, 5.41) is 0. The van der Waals surface area contributed by atoms with Gasteiger partial charge in [0.25, 0.3) is 0 Å². The second kappa shape index (κ2) is 198. The van der Waals surface area contributed by atoms with Gasteiger partial charge in [0, 0.05) is 615 Å². The van der Waals surface area contributed by atoms with Gasteiger partial charge in [-0.1, -0.05) is 0 Å². The molecule has 0 aliphatic heterocycles. The van der Waals surface area contributed by atoms with Crippen LogP contribution in [0.15, 0.2) is 0 Å². The van der Waals surface area contributed by atoms with Crippen molar-refractivity contribution in [2.75, 3.05) is 169 Å². The Kier molecular flexibility index (Phi) is 994. The molecule has 0 aromatic rings. The number of rotatable bonds is 0. The Morgan fingerprint density at radius 1 is 0.134 bits per heavy atom. The Morgan fingerprint density at radius 3 is 0.134 bits per heavy atom. The summed E-state index contributed by atoms with van der Waals surface area (Å²) in [4.78, 5) is 0. The van der Waals surface area contributed by atoms with E-state index in [1.54, 1.807) is 0 Å². The maximum atomic E-state index is 2.12. The molecule has 0 atom stereocenters. The van der Waals surface area contributed by atoms with E-state index >= 15 is 0 Å². The molecule has 0 aromatic heterocycles. The Bertz CT molecular complexity index is 345. The van der Waals surface area contributed by atoms with Crippen molar-refractivity contribution in [2.45, 2.75) is 0 Å². The molecule has 43 heteroatoms. The zero-order valence-corrected chi connectivity index (χ0v) is 97.6. The van der Waals surface area contributed by atoms with Crippen LogP contribution in [0.25, 0.3) is 0 Å². The van der Waals surface area contributed by atoms with Gasteiger partial charge in [0.1, 0.15) is 0 Å². The molecule has 0 aromatic carbocycles. The Labute approximate surface area is 889 Å². The first-order valence-corrected chi connectivity index (χ1v) is 10.7. The fourth-order valence-corrected chi connectivity index (χ4v) is 0. The van der Waals surface area contributed by atoms with E-state index in [0.717, 1.165) is 26.9 Å². The van der Waals surface area contributed by atoms with E-state index in [2.05, 4.69) is 169 Å². The van der Waals surface area contributed by atoms with E-state index in [0.29, 0.717) is 0 Å². The van der Waals surface area contributed by atoms with E-state index in [9.17, 15) is 0 Å². The molecule has 0 saturated heterocycles. The summed E-state index contributed by atoms with van der Waals surface area (Å²) in [7, 11) is 51.0. The van der Waals surface area contributed by atoms with Crippen molar-refractivity contribution in [3.63, 3.8) is 0 Å². The van der Waals surface area contributed by atoms with Crippen LogP contribution in [0.1, 0.15) is 0 Å². The van der Waals surface area contributed by atoms with E-state index in [4.69, 9.17) is 0 Å². The van der Waals surface area contributed by atoms with Crippen molar-refractivity contribution in [2.24, 2.45) is 0 Å². The molecule has 25 nitrogen and oxygen atoms in total. The smallest absolute Gasteiger partial charge is 0.0675 e. The molecule has 390 valence electrons. The first-order valence-electron chi connectivity index (χ1n) is 10.7. The molecule has 0 rings (SSSR count). The predicted octanol–water partition coefficient (Wildman–Crippen LogP) is -18.3. The van der Waals surface area contributed by atoms with Crippen molar-refractivity contribution in [3.8, 4) is 0 Å². The third-order valence-corrected chi connectivity index (χ3v) is 0. The SMILES string of the molecule is C[N+](C)(C)C.C[N+](C)(C)C.C[N+](C)(C)C.C[N+](C)(C)C.C[N+](C)(C)C.C[N+](C)(C)C.O.O.O.O.O.O.O.O.O.O.O.O.O.O.O.O.O.O.O.[K].[K].[K].[K].[K].[K].[Na].[Na].[Na].[Na].[Na].[Na].[Nb].[Nb].[W].[W].[W].[W]. The molecule has 0 spiro atoms. The average Bonchev–Trinajstić information content (AvgIpc) is 1.94. The normalized spacial score (nSPS) is 5.37. The van der Waals surface area contributed by atoms with Crippen LogP contribution in [0.5, 0.6) is 0 Å². The first kappa shape index (κ1) is 336. The van der Waals surface area contributed by atoms with Gasteiger partial charge in [0.05, 0.1) is 169 Å². The van der Waals surface area contributed by atoms with Gasteiger partial charge in [-0.25, -0.2) is 0 Å². The summed E-state index contributed by atoms with van der Waals surface area (Å²) in [6, 6.07) is 0. The van der Waals surface area contributed by atoms with Crippen molar-refractivity contribution in [3.05, 3.63) is 0 Å². The molecule has 0 bridgehead atoms. The summed E-state index contributed by atoms with van der Waals surface area (Å²) in [6.45, 7) is 0. The van der Waals surface area contributed by atoms with E-state index in [-0.39, 0.29) is 719 Å². The molecular formula is C24H110K6N6Na6Nb2O19W4+6. The quantitative estimate of drug-likeness (QED) is 0.161. The monoisotopic (exact) mass is 2080 g/mol. The first-order chi connectivity index (χ1) is 12.0. The molecule has 38 N–H and O–H groups in total. The van der Waals surface area contributed by atoms with Crippen molar-refractivity contribution < 1.29 is 260 Å². The summed E-state index contributed by atoms with van der Waals surface area (Å²) in [5.74, 6) is 0. The van der Waals surface area contributed by atoms with Crippen LogP contribution < -0.4 is 0 Å². The summed E-state index contributed by atoms with van der Waals surface area (Å²) >= 11 is 0. The van der Waals surface area contributed by atoms with Gasteiger partial charge >= 0.3 is 0 Å². The fourth-order valence-electron chi connectivity index (χ4n) is 0. The van der Waals surface area contributed by atoms with Gasteiger partial charge in [-0.15, -0.1) is 0 Å². The van der Waals surface area contributed by atoms with Crippen LogP contribution >= 0.6 is 0 Å². The molecule has 67 heavy (non-hydrogen) atoms. The summed E-state index contributed by atoms with van der Waals surface area (Å²) in [6.07, 6.45) is 0. The molecule has 0 fully saturated rings. The molecule has 0 aliphatic carbocycles. The van der Waals surface area contributed by atoms with Crippen molar-refractivity contribution in [1.82, 2.24) is 0 Å². The molecular weight excluding hydrogens is 1970 g/mol. The van der Waals surface area contributed by atoms with Gasteiger partial charge in [-0.05, 0) is 0 Å². The van der Waals surface area contributed by atoms with Crippen LogP contribution in [0.2, 0.25) is 0 Å². The Morgan fingerprint density at radius 2 is 0.134 bits per heavy atom. The maximum Gasteiger partial charge on any atom is 0.0675 e. The third-order valence-electron chi connectivity index (χ3n) is 0. The van der Waals surface area contributed by atoms with Gasteiger partial charge in [-0.3, -0.25) is 0 Å². The molecule has 14 radical (unpaired) electrons. The minimum absolute atomic E-state index is 0. The molecule has 0 saturated carbocycles. The van der Waals surface area contributed by atoms with E-state index in [1.165, 1.54) is 0 Å². The van der Waals surface area contributed by atoms with E-state index in [1.807, 2.05) is 0 Å². The minimum atomic E-state index is 0. The number of hydrogen-bond acceptors (Lipinski definition) is 0. The van der Waals surface area contributed by atoms with Crippen LogP contribution in [0.4, 0.5) is 0 Å². The van der Waals surface area contributed by atoms with Crippen molar-refractivity contribution in [1.29, 1.82) is 0 Å². The molecule has 0 aliphatic rings. The number of quaternary nitrogens is 6. The second-order valence-corrected chi connectivity index (χ2v) is 16.1. The van der Waals surface area contributed by atoms with E-state index < -0.39 is 0 Å². The maximum absolute atomic E-state index is 2.12. The standard InChI is InChI=1S/6C4H12N.6K.6Na.2Nb.19H2O.4W/c6*1-5(2,3)4;;;;;;;;;;;;;;;;;;;;;;;;;;;;;;;;;;;;;/h6*1-4H3;;;;;;;;;;;;;;;19*1H2;;;;/q6*+1;;;;;;;;;;;;;;;;;;;;;;;;;;;;;;;;;;;;;. The topological polar surface area (TPSA) is 598 Å². The van der Waals surface area contributed by atoms with Crippen LogP contribution in [0.3, 0.4) is 0 Å². The fraction of sp³-hybridized carbons (Fsp3) is 1.00. The predicted molar refractivity (Wildman–Crippen MR) is 281 cm³/mol. The molecule has 0 amide bonds.